The minimum absolute atomic E-state index is 0.00948. The van der Waals surface area contributed by atoms with E-state index in [1.807, 2.05) is 24.3 Å². The van der Waals surface area contributed by atoms with E-state index in [4.69, 9.17) is 11.6 Å². The summed E-state index contributed by atoms with van der Waals surface area (Å²) in [6.45, 7) is 4.56. The molecule has 0 bridgehead atoms. The average molecular weight is 321 g/mol. The van der Waals surface area contributed by atoms with E-state index in [2.05, 4.69) is 21.1 Å². The van der Waals surface area contributed by atoms with E-state index < -0.39 is 0 Å². The number of rotatable bonds is 2. The van der Waals surface area contributed by atoms with Crippen molar-refractivity contribution in [3.8, 4) is 0 Å². The first-order chi connectivity index (χ1) is 10.7. The first-order valence-electron chi connectivity index (χ1n) is 7.96. The molecule has 0 radical (unpaired) electrons. The number of halogens is 1. The van der Waals surface area contributed by atoms with Gasteiger partial charge in [0.2, 0.25) is 5.91 Å². The first-order valence-corrected chi connectivity index (χ1v) is 8.33. The van der Waals surface area contributed by atoms with Gasteiger partial charge in [0.1, 0.15) is 0 Å². The molecule has 22 heavy (non-hydrogen) atoms. The largest absolute Gasteiger partial charge is 0.342 e. The molecular formula is C16H21ClN4O. The third kappa shape index (κ3) is 2.52. The van der Waals surface area contributed by atoms with Crippen LogP contribution in [0.25, 0.3) is 0 Å². The lowest BCUT2D eigenvalue weighted by atomic mass is 9.93. The van der Waals surface area contributed by atoms with Crippen molar-refractivity contribution in [2.75, 3.05) is 32.7 Å². The fourth-order valence-corrected chi connectivity index (χ4v) is 4.21. The van der Waals surface area contributed by atoms with Crippen molar-refractivity contribution in [3.05, 3.63) is 34.9 Å². The number of hydrogen-bond donors (Lipinski definition) is 3. The predicted octanol–water partition coefficient (Wildman–Crippen LogP) is 0.783. The SMILES string of the molecule is O=C(C1CNNC1c1cccc(Cl)c1)N1C[C@H]2CNC[C@H]2C1. The van der Waals surface area contributed by atoms with E-state index in [-0.39, 0.29) is 17.9 Å². The van der Waals surface area contributed by atoms with E-state index in [0.717, 1.165) is 31.7 Å². The molecule has 6 heteroatoms. The molecule has 3 aliphatic heterocycles. The van der Waals surface area contributed by atoms with Crippen LogP contribution < -0.4 is 16.2 Å². The molecule has 2 unspecified atom stereocenters. The van der Waals surface area contributed by atoms with E-state index in [1.165, 1.54) is 0 Å². The fraction of sp³-hybridized carbons (Fsp3) is 0.562. The zero-order valence-electron chi connectivity index (χ0n) is 12.4. The second kappa shape index (κ2) is 5.81. The van der Waals surface area contributed by atoms with Crippen molar-refractivity contribution in [3.63, 3.8) is 0 Å². The number of carbonyl (C=O) groups is 1. The maximum absolute atomic E-state index is 12.9. The van der Waals surface area contributed by atoms with Crippen molar-refractivity contribution in [1.82, 2.24) is 21.1 Å². The van der Waals surface area contributed by atoms with Gasteiger partial charge in [0, 0.05) is 37.7 Å². The second-order valence-corrected chi connectivity index (χ2v) is 7.02. The highest BCUT2D eigenvalue weighted by Gasteiger charge is 2.43. The Morgan fingerprint density at radius 2 is 1.95 bits per heavy atom. The number of amides is 1. The molecule has 0 spiro atoms. The Morgan fingerprint density at radius 1 is 1.18 bits per heavy atom. The molecule has 5 nitrogen and oxygen atoms in total. The highest BCUT2D eigenvalue weighted by atomic mass is 35.5. The van der Waals surface area contributed by atoms with E-state index >= 15 is 0 Å². The molecule has 3 N–H and O–H groups in total. The molecule has 0 saturated carbocycles. The highest BCUT2D eigenvalue weighted by Crippen LogP contribution is 2.32. The summed E-state index contributed by atoms with van der Waals surface area (Å²) in [4.78, 5) is 15.0. The number of benzene rings is 1. The maximum Gasteiger partial charge on any atom is 0.229 e. The lowest BCUT2D eigenvalue weighted by Crippen LogP contribution is -2.39. The van der Waals surface area contributed by atoms with Crippen LogP contribution in [-0.2, 0) is 4.79 Å². The Kier molecular flexibility index (Phi) is 3.82. The van der Waals surface area contributed by atoms with Crippen LogP contribution in [0.4, 0.5) is 0 Å². The lowest BCUT2D eigenvalue weighted by Gasteiger charge is -2.25. The van der Waals surface area contributed by atoms with Gasteiger partial charge in [0.05, 0.1) is 12.0 Å². The smallest absolute Gasteiger partial charge is 0.229 e. The van der Waals surface area contributed by atoms with Gasteiger partial charge in [-0.1, -0.05) is 23.7 Å². The fourth-order valence-electron chi connectivity index (χ4n) is 4.01. The van der Waals surface area contributed by atoms with Crippen LogP contribution >= 0.6 is 11.6 Å². The van der Waals surface area contributed by atoms with Gasteiger partial charge in [0.25, 0.3) is 0 Å². The maximum atomic E-state index is 12.9. The summed E-state index contributed by atoms with van der Waals surface area (Å²) in [6, 6.07) is 7.75. The minimum atomic E-state index is -0.0646. The molecule has 3 fully saturated rings. The average Bonchev–Trinajstić information content (AvgIpc) is 3.21. The van der Waals surface area contributed by atoms with E-state index in [9.17, 15) is 4.79 Å². The van der Waals surface area contributed by atoms with Crippen molar-refractivity contribution < 1.29 is 4.79 Å². The third-order valence-electron chi connectivity index (χ3n) is 5.21. The normalized spacial score (nSPS) is 34.1. The van der Waals surface area contributed by atoms with Crippen molar-refractivity contribution >= 4 is 17.5 Å². The summed E-state index contributed by atoms with van der Waals surface area (Å²) >= 11 is 6.09. The highest BCUT2D eigenvalue weighted by molar-refractivity contribution is 6.30. The number of nitrogens with zero attached hydrogens (tertiary/aromatic N) is 1. The molecule has 3 aliphatic rings. The number of likely N-dealkylation sites (tertiary alicyclic amines) is 1. The van der Waals surface area contributed by atoms with Crippen LogP contribution in [0.5, 0.6) is 0 Å². The van der Waals surface area contributed by atoms with E-state index in [0.29, 0.717) is 23.4 Å². The van der Waals surface area contributed by atoms with Gasteiger partial charge in [-0.2, -0.15) is 0 Å². The topological polar surface area (TPSA) is 56.4 Å². The molecule has 4 rings (SSSR count). The van der Waals surface area contributed by atoms with Crippen LogP contribution in [0.2, 0.25) is 5.02 Å². The minimum Gasteiger partial charge on any atom is -0.342 e. The Hall–Kier alpha value is -1.14. The summed E-state index contributed by atoms with van der Waals surface area (Å²) in [7, 11) is 0. The molecule has 0 aromatic heterocycles. The Bertz CT molecular complexity index is 569. The predicted molar refractivity (Wildman–Crippen MR) is 85.3 cm³/mol. The number of carbonyl (C=O) groups excluding carboxylic acids is 1. The summed E-state index contributed by atoms with van der Waals surface area (Å²) in [5, 5.41) is 4.12. The third-order valence-corrected chi connectivity index (χ3v) is 5.44. The molecule has 1 aromatic rings. The standard InChI is InChI=1S/C16H21ClN4O/c17-13-3-1-2-10(4-13)15-14(7-19-20-15)16(22)21-8-11-5-18-6-12(11)9-21/h1-4,11-12,14-15,18-20H,5-9H2/t11-,12+,14?,15?. The van der Waals surface area contributed by atoms with Crippen LogP contribution in [0, 0.1) is 17.8 Å². The summed E-state index contributed by atoms with van der Waals surface area (Å²) in [5.74, 6) is 1.47. The molecule has 1 aromatic carbocycles. The number of hydrogen-bond acceptors (Lipinski definition) is 4. The Morgan fingerprint density at radius 3 is 2.68 bits per heavy atom. The number of fused-ring (bicyclic) bond motifs is 1. The number of nitrogens with one attached hydrogen (secondary N) is 3. The molecule has 4 atom stereocenters. The Labute approximate surface area is 135 Å². The van der Waals surface area contributed by atoms with Crippen molar-refractivity contribution in [2.24, 2.45) is 17.8 Å². The van der Waals surface area contributed by atoms with E-state index in [1.54, 1.807) is 0 Å². The molecule has 3 saturated heterocycles. The second-order valence-electron chi connectivity index (χ2n) is 6.59. The number of hydrazine groups is 1. The van der Waals surface area contributed by atoms with Gasteiger partial charge in [-0.25, -0.2) is 5.43 Å². The lowest BCUT2D eigenvalue weighted by molar-refractivity contribution is -0.134. The summed E-state index contributed by atoms with van der Waals surface area (Å²) in [5.41, 5.74) is 7.45. The van der Waals surface area contributed by atoms with Gasteiger partial charge in [-0.05, 0) is 29.5 Å². The zero-order valence-corrected chi connectivity index (χ0v) is 13.1. The van der Waals surface area contributed by atoms with Gasteiger partial charge in [0.15, 0.2) is 0 Å². The monoisotopic (exact) mass is 320 g/mol. The molecule has 118 valence electrons. The molecule has 0 aliphatic carbocycles. The summed E-state index contributed by atoms with van der Waals surface area (Å²) < 4.78 is 0. The van der Waals surface area contributed by atoms with Crippen molar-refractivity contribution in [1.29, 1.82) is 0 Å². The van der Waals surface area contributed by atoms with Crippen LogP contribution in [0.1, 0.15) is 11.6 Å². The van der Waals surface area contributed by atoms with Crippen LogP contribution in [-0.4, -0.2) is 43.5 Å². The molecule has 1 amide bonds. The zero-order chi connectivity index (χ0) is 15.1. The molecular weight excluding hydrogens is 300 g/mol. The Balaban J connectivity index is 1.50. The van der Waals surface area contributed by atoms with Crippen molar-refractivity contribution in [2.45, 2.75) is 6.04 Å². The van der Waals surface area contributed by atoms with Crippen LogP contribution in [0.15, 0.2) is 24.3 Å². The molecule has 3 heterocycles. The van der Waals surface area contributed by atoms with Gasteiger partial charge in [-0.3, -0.25) is 10.2 Å². The van der Waals surface area contributed by atoms with Gasteiger partial charge < -0.3 is 10.2 Å². The van der Waals surface area contributed by atoms with Crippen LogP contribution in [0.3, 0.4) is 0 Å². The van der Waals surface area contributed by atoms with Gasteiger partial charge >= 0.3 is 0 Å². The van der Waals surface area contributed by atoms with Gasteiger partial charge in [-0.15, -0.1) is 0 Å². The quantitative estimate of drug-likeness (QED) is 0.754. The first kappa shape index (κ1) is 14.5. The summed E-state index contributed by atoms with van der Waals surface area (Å²) in [6.07, 6.45) is 0.